The number of ether oxygens (including phenoxy) is 3. The molecule has 6 heteroatoms. The molecule has 0 spiro atoms. The zero-order chi connectivity index (χ0) is 16.8. The lowest BCUT2D eigenvalue weighted by atomic mass is 10.0. The molecule has 4 nitrogen and oxygen atoms in total. The minimum Gasteiger partial charge on any atom is -0.490 e. The van der Waals surface area contributed by atoms with Gasteiger partial charge in [0.05, 0.1) is 13.2 Å². The van der Waals surface area contributed by atoms with Crippen LogP contribution in [0.5, 0.6) is 11.5 Å². The summed E-state index contributed by atoms with van der Waals surface area (Å²) in [6.07, 6.45) is -0.286. The highest BCUT2D eigenvalue weighted by Gasteiger charge is 2.28. The van der Waals surface area contributed by atoms with Crippen LogP contribution in [0.15, 0.2) is 48.5 Å². The third-order valence-electron chi connectivity index (χ3n) is 3.88. The maximum atomic E-state index is 6.33. The molecule has 2 aromatic carbocycles. The van der Waals surface area contributed by atoms with E-state index in [9.17, 15) is 0 Å². The second-order valence-corrected chi connectivity index (χ2v) is 6.02. The van der Waals surface area contributed by atoms with Crippen molar-refractivity contribution in [1.29, 1.82) is 0 Å². The Hall–Kier alpha value is -1.46. The van der Waals surface area contributed by atoms with E-state index >= 15 is 0 Å². The third-order valence-corrected chi connectivity index (χ3v) is 4.12. The molecule has 0 radical (unpaired) electrons. The van der Waals surface area contributed by atoms with E-state index in [1.165, 1.54) is 0 Å². The van der Waals surface area contributed by atoms with Crippen LogP contribution >= 0.6 is 24.0 Å². The zero-order valence-electron chi connectivity index (χ0n) is 14.1. The average Bonchev–Trinajstić information content (AvgIpc) is 2.63. The number of hydrogen-bond donors (Lipinski definition) is 1. The molecule has 1 saturated heterocycles. The van der Waals surface area contributed by atoms with E-state index in [-0.39, 0.29) is 24.6 Å². The Kier molecular flexibility index (Phi) is 7.85. The molecule has 1 heterocycles. The van der Waals surface area contributed by atoms with Gasteiger partial charge in [-0.1, -0.05) is 41.9 Å². The van der Waals surface area contributed by atoms with Gasteiger partial charge < -0.3 is 19.5 Å². The molecule has 0 bridgehead atoms. The Morgan fingerprint density at radius 3 is 2.68 bits per heavy atom. The molecule has 1 N–H and O–H groups in total. The van der Waals surface area contributed by atoms with Crippen LogP contribution in [-0.2, 0) is 4.74 Å². The van der Waals surface area contributed by atoms with E-state index in [2.05, 4.69) is 17.4 Å². The Morgan fingerprint density at radius 1 is 1.20 bits per heavy atom. The second-order valence-electron chi connectivity index (χ2n) is 5.59. The first-order valence-corrected chi connectivity index (χ1v) is 8.62. The van der Waals surface area contributed by atoms with Crippen LogP contribution in [0.25, 0.3) is 0 Å². The topological polar surface area (TPSA) is 39.7 Å². The van der Waals surface area contributed by atoms with Crippen molar-refractivity contribution in [2.75, 3.05) is 26.3 Å². The minimum atomic E-state index is -0.223. The zero-order valence-corrected chi connectivity index (χ0v) is 15.7. The molecule has 1 aliphatic heterocycles. The van der Waals surface area contributed by atoms with Crippen LogP contribution in [0.4, 0.5) is 0 Å². The summed E-state index contributed by atoms with van der Waals surface area (Å²) in [6.45, 7) is 4.78. The Balaban J connectivity index is 0.00000225. The van der Waals surface area contributed by atoms with Gasteiger partial charge in [0.15, 0.2) is 17.6 Å². The van der Waals surface area contributed by atoms with E-state index in [1.54, 1.807) is 12.1 Å². The predicted molar refractivity (Wildman–Crippen MR) is 102 cm³/mol. The first-order chi connectivity index (χ1) is 11.8. The number of rotatable bonds is 6. The molecule has 25 heavy (non-hydrogen) atoms. The smallest absolute Gasteiger partial charge is 0.162 e. The molecule has 0 saturated carbocycles. The average molecular weight is 384 g/mol. The van der Waals surface area contributed by atoms with Gasteiger partial charge in [0.1, 0.15) is 6.10 Å². The highest BCUT2D eigenvalue weighted by Crippen LogP contribution is 2.35. The van der Waals surface area contributed by atoms with Gasteiger partial charge in [-0.3, -0.25) is 0 Å². The summed E-state index contributed by atoms with van der Waals surface area (Å²) in [5, 5.41) is 3.99. The van der Waals surface area contributed by atoms with Gasteiger partial charge in [0, 0.05) is 24.2 Å². The van der Waals surface area contributed by atoms with Gasteiger partial charge in [-0.25, -0.2) is 0 Å². The molecule has 2 aromatic rings. The molecule has 2 atom stereocenters. The van der Waals surface area contributed by atoms with Gasteiger partial charge in [-0.15, -0.1) is 12.4 Å². The molecular weight excluding hydrogens is 361 g/mol. The number of morpholine rings is 1. The molecule has 0 aliphatic carbocycles. The molecular formula is C19H23Cl2NO3. The second kappa shape index (κ2) is 9.88. The lowest BCUT2D eigenvalue weighted by molar-refractivity contribution is -0.0439. The molecule has 0 amide bonds. The van der Waals surface area contributed by atoms with Crippen molar-refractivity contribution in [3.8, 4) is 11.5 Å². The number of nitrogens with one attached hydrogen (secondary N) is 1. The van der Waals surface area contributed by atoms with Crippen LogP contribution in [0.3, 0.4) is 0 Å². The Bertz CT molecular complexity index is 648. The van der Waals surface area contributed by atoms with Crippen molar-refractivity contribution in [3.05, 3.63) is 59.1 Å². The molecule has 3 rings (SSSR count). The van der Waals surface area contributed by atoms with Crippen molar-refractivity contribution in [3.63, 3.8) is 0 Å². The van der Waals surface area contributed by atoms with E-state index < -0.39 is 0 Å². The van der Waals surface area contributed by atoms with Crippen LogP contribution in [-0.4, -0.2) is 32.4 Å². The van der Waals surface area contributed by atoms with E-state index in [1.807, 2.05) is 31.2 Å². The van der Waals surface area contributed by atoms with Crippen molar-refractivity contribution < 1.29 is 14.2 Å². The SMILES string of the molecule is CCOc1cc(Cl)ccc1O[C@H](c1ccccc1)[C@H]1CNCCO1.Cl. The van der Waals surface area contributed by atoms with Crippen LogP contribution in [0.2, 0.25) is 5.02 Å². The summed E-state index contributed by atoms with van der Waals surface area (Å²) in [6, 6.07) is 15.6. The van der Waals surface area contributed by atoms with E-state index in [0.717, 1.165) is 18.7 Å². The van der Waals surface area contributed by atoms with Gasteiger partial charge in [-0.05, 0) is 24.6 Å². The summed E-state index contributed by atoms with van der Waals surface area (Å²) < 4.78 is 17.9. The summed E-state index contributed by atoms with van der Waals surface area (Å²) in [5.41, 5.74) is 1.07. The third kappa shape index (κ3) is 5.25. The molecule has 0 unspecified atom stereocenters. The van der Waals surface area contributed by atoms with Crippen LogP contribution < -0.4 is 14.8 Å². The van der Waals surface area contributed by atoms with Crippen molar-refractivity contribution in [1.82, 2.24) is 5.32 Å². The first kappa shape index (κ1) is 19.9. The van der Waals surface area contributed by atoms with Crippen molar-refractivity contribution >= 4 is 24.0 Å². The highest BCUT2D eigenvalue weighted by atomic mass is 35.5. The van der Waals surface area contributed by atoms with Crippen molar-refractivity contribution in [2.45, 2.75) is 19.1 Å². The fraction of sp³-hybridized carbons (Fsp3) is 0.368. The fourth-order valence-electron chi connectivity index (χ4n) is 2.77. The van der Waals surface area contributed by atoms with Crippen molar-refractivity contribution in [2.24, 2.45) is 0 Å². The normalized spacial score (nSPS) is 18.1. The largest absolute Gasteiger partial charge is 0.490 e. The quantitative estimate of drug-likeness (QED) is 0.808. The maximum absolute atomic E-state index is 6.33. The van der Waals surface area contributed by atoms with Gasteiger partial charge >= 0.3 is 0 Å². The highest BCUT2D eigenvalue weighted by molar-refractivity contribution is 6.30. The molecule has 1 aliphatic rings. The predicted octanol–water partition coefficient (Wildman–Crippen LogP) is 4.27. The number of halogens is 2. The summed E-state index contributed by atoms with van der Waals surface area (Å²) >= 11 is 6.08. The standard InChI is InChI=1S/C19H22ClNO3.ClH/c1-2-22-17-12-15(20)8-9-16(17)24-19(14-6-4-3-5-7-14)18-13-21-10-11-23-18;/h3-9,12,18-19,21H,2,10-11,13H2,1H3;1H/t18-,19-;/m1./s1. The summed E-state index contributed by atoms with van der Waals surface area (Å²) in [5.74, 6) is 1.32. The number of hydrogen-bond acceptors (Lipinski definition) is 4. The van der Waals surface area contributed by atoms with Crippen LogP contribution in [0.1, 0.15) is 18.6 Å². The molecule has 0 aromatic heterocycles. The molecule has 136 valence electrons. The monoisotopic (exact) mass is 383 g/mol. The lowest BCUT2D eigenvalue weighted by Crippen LogP contribution is -2.43. The van der Waals surface area contributed by atoms with Gasteiger partial charge in [0.25, 0.3) is 0 Å². The number of benzene rings is 2. The Labute approximate surface area is 159 Å². The lowest BCUT2D eigenvalue weighted by Gasteiger charge is -2.32. The fourth-order valence-corrected chi connectivity index (χ4v) is 2.93. The van der Waals surface area contributed by atoms with Crippen LogP contribution in [0, 0.1) is 0 Å². The summed E-state index contributed by atoms with van der Waals surface area (Å²) in [7, 11) is 0. The van der Waals surface area contributed by atoms with Gasteiger partial charge in [-0.2, -0.15) is 0 Å². The molecule has 1 fully saturated rings. The van der Waals surface area contributed by atoms with E-state index in [0.29, 0.717) is 29.7 Å². The van der Waals surface area contributed by atoms with E-state index in [4.69, 9.17) is 25.8 Å². The Morgan fingerprint density at radius 2 is 2.00 bits per heavy atom. The minimum absolute atomic E-state index is 0. The maximum Gasteiger partial charge on any atom is 0.162 e. The summed E-state index contributed by atoms with van der Waals surface area (Å²) in [4.78, 5) is 0. The van der Waals surface area contributed by atoms with Gasteiger partial charge in [0.2, 0.25) is 0 Å². The first-order valence-electron chi connectivity index (χ1n) is 8.24.